The Bertz CT molecular complexity index is 3150. The zero-order valence-corrected chi connectivity index (χ0v) is 31.9. The van der Waals surface area contributed by atoms with Gasteiger partial charge in [0.25, 0.3) is 0 Å². The molecule has 9 aromatic carbocycles. The van der Waals surface area contributed by atoms with Crippen LogP contribution in [-0.2, 0) is 5.41 Å². The third-order valence-electron chi connectivity index (χ3n) is 12.1. The lowest BCUT2D eigenvalue weighted by molar-refractivity contribution is 0.660. The Kier molecular flexibility index (Phi) is 7.55. The number of para-hydroxylation sites is 2. The van der Waals surface area contributed by atoms with Gasteiger partial charge < -0.3 is 9.32 Å². The van der Waals surface area contributed by atoms with Gasteiger partial charge in [-0.05, 0) is 109 Å². The quantitative estimate of drug-likeness (QED) is 0.169. The molecule has 0 saturated heterocycles. The lowest BCUT2D eigenvalue weighted by Gasteiger charge is -2.30. The topological polar surface area (TPSA) is 16.4 Å². The van der Waals surface area contributed by atoms with Gasteiger partial charge in [0.2, 0.25) is 0 Å². The van der Waals surface area contributed by atoms with Crippen molar-refractivity contribution in [1.82, 2.24) is 0 Å². The van der Waals surface area contributed by atoms with Crippen LogP contribution < -0.4 is 4.90 Å². The minimum absolute atomic E-state index is 0.131. The Balaban J connectivity index is 1.07. The molecule has 0 atom stereocenters. The van der Waals surface area contributed by atoms with Crippen molar-refractivity contribution in [3.05, 3.63) is 211 Å². The predicted octanol–water partition coefficient (Wildman–Crippen LogP) is 15.5. The van der Waals surface area contributed by atoms with Crippen molar-refractivity contribution in [1.29, 1.82) is 0 Å². The summed E-state index contributed by atoms with van der Waals surface area (Å²) in [5.74, 6) is 0. The molecule has 0 fully saturated rings. The van der Waals surface area contributed by atoms with Gasteiger partial charge in [0.15, 0.2) is 0 Å². The molecule has 270 valence electrons. The number of rotatable bonds is 6. The van der Waals surface area contributed by atoms with E-state index in [2.05, 4.69) is 213 Å². The van der Waals surface area contributed by atoms with Gasteiger partial charge in [0.05, 0.1) is 5.69 Å². The molecule has 0 amide bonds. The SMILES string of the molecule is CC1(C)c2ccccc2-c2ccc(N(c3ccc4cc(-c5ccc(-c6ccccc6)cc5)ccc4c3)c3ccccc3-c3cccc4oc5ccccc5c34)cc21. The summed E-state index contributed by atoms with van der Waals surface area (Å²) in [6.45, 7) is 4.71. The molecule has 0 spiro atoms. The largest absolute Gasteiger partial charge is 0.456 e. The zero-order chi connectivity index (χ0) is 38.1. The number of nitrogens with zero attached hydrogens (tertiary/aromatic N) is 1. The van der Waals surface area contributed by atoms with Crippen molar-refractivity contribution < 1.29 is 4.42 Å². The van der Waals surface area contributed by atoms with Crippen LogP contribution in [0.1, 0.15) is 25.0 Å². The van der Waals surface area contributed by atoms with Crippen LogP contribution in [0.4, 0.5) is 17.1 Å². The highest BCUT2D eigenvalue weighted by Crippen LogP contribution is 2.52. The summed E-state index contributed by atoms with van der Waals surface area (Å²) < 4.78 is 6.39. The fourth-order valence-corrected chi connectivity index (χ4v) is 9.19. The summed E-state index contributed by atoms with van der Waals surface area (Å²) in [5, 5.41) is 4.65. The third-order valence-corrected chi connectivity index (χ3v) is 12.1. The second-order valence-corrected chi connectivity index (χ2v) is 15.7. The average molecular weight is 730 g/mol. The molecule has 1 aliphatic rings. The molecule has 1 aromatic heterocycles. The minimum Gasteiger partial charge on any atom is -0.456 e. The first-order valence-electron chi connectivity index (χ1n) is 19.8. The van der Waals surface area contributed by atoms with Gasteiger partial charge in [-0.2, -0.15) is 0 Å². The Morgan fingerprint density at radius 2 is 0.965 bits per heavy atom. The second-order valence-electron chi connectivity index (χ2n) is 15.7. The first kappa shape index (κ1) is 33.2. The third kappa shape index (κ3) is 5.40. The van der Waals surface area contributed by atoms with E-state index in [0.29, 0.717) is 0 Å². The van der Waals surface area contributed by atoms with Gasteiger partial charge in [-0.25, -0.2) is 0 Å². The smallest absolute Gasteiger partial charge is 0.136 e. The van der Waals surface area contributed by atoms with Crippen molar-refractivity contribution >= 4 is 49.8 Å². The fraction of sp³-hybridized carbons (Fsp3) is 0.0545. The molecule has 1 aliphatic carbocycles. The van der Waals surface area contributed by atoms with E-state index in [9.17, 15) is 0 Å². The van der Waals surface area contributed by atoms with E-state index >= 15 is 0 Å². The number of fused-ring (bicyclic) bond motifs is 7. The number of hydrogen-bond acceptors (Lipinski definition) is 2. The average Bonchev–Trinajstić information content (AvgIpc) is 3.76. The molecular weight excluding hydrogens is 691 g/mol. The van der Waals surface area contributed by atoms with E-state index in [1.54, 1.807) is 0 Å². The van der Waals surface area contributed by atoms with Crippen LogP contribution in [0.5, 0.6) is 0 Å². The standard InChI is InChI=1S/C55H39NO/c1-55(2)49-19-9-6-15-44(49)45-32-31-43(35-50(45)55)56(51-20-10-7-16-46(51)47-18-12-22-53-54(47)48-17-8-11-21-52(48)57-53)42-30-29-40-33-39(27-28-41(40)34-42)38-25-23-37(24-26-38)36-13-4-3-5-14-36/h3-35H,1-2H3. The maximum absolute atomic E-state index is 6.39. The molecule has 2 heteroatoms. The van der Waals surface area contributed by atoms with Gasteiger partial charge in [0, 0.05) is 33.1 Å². The highest BCUT2D eigenvalue weighted by molar-refractivity contribution is 6.14. The molecule has 0 aliphatic heterocycles. The van der Waals surface area contributed by atoms with Crippen LogP contribution in [-0.4, -0.2) is 0 Å². The van der Waals surface area contributed by atoms with Crippen LogP contribution in [0.2, 0.25) is 0 Å². The molecule has 11 rings (SSSR count). The number of benzene rings is 9. The monoisotopic (exact) mass is 729 g/mol. The Labute approximate surface area is 332 Å². The van der Waals surface area contributed by atoms with Crippen LogP contribution in [0, 0.1) is 0 Å². The van der Waals surface area contributed by atoms with Crippen LogP contribution in [0.3, 0.4) is 0 Å². The molecule has 0 unspecified atom stereocenters. The van der Waals surface area contributed by atoms with Gasteiger partial charge in [0.1, 0.15) is 11.2 Å². The molecule has 10 aromatic rings. The maximum atomic E-state index is 6.39. The summed E-state index contributed by atoms with van der Waals surface area (Å²) in [6, 6.07) is 72.7. The predicted molar refractivity (Wildman–Crippen MR) is 240 cm³/mol. The van der Waals surface area contributed by atoms with E-state index in [-0.39, 0.29) is 5.41 Å². The van der Waals surface area contributed by atoms with Gasteiger partial charge in [-0.1, -0.05) is 166 Å². The van der Waals surface area contributed by atoms with Crippen molar-refractivity contribution in [2.24, 2.45) is 0 Å². The van der Waals surface area contributed by atoms with Gasteiger partial charge in [-0.15, -0.1) is 0 Å². The van der Waals surface area contributed by atoms with E-state index in [1.165, 1.54) is 55.3 Å². The Morgan fingerprint density at radius 3 is 1.82 bits per heavy atom. The Hall–Kier alpha value is -7.16. The second kappa shape index (κ2) is 13.0. The maximum Gasteiger partial charge on any atom is 0.136 e. The van der Waals surface area contributed by atoms with E-state index in [4.69, 9.17) is 4.42 Å². The minimum atomic E-state index is -0.131. The summed E-state index contributed by atoms with van der Waals surface area (Å²) in [4.78, 5) is 2.45. The lowest BCUT2D eigenvalue weighted by Crippen LogP contribution is -2.16. The molecular formula is C55H39NO. The van der Waals surface area contributed by atoms with Crippen molar-refractivity contribution in [3.8, 4) is 44.5 Å². The number of hydrogen-bond donors (Lipinski definition) is 0. The first-order chi connectivity index (χ1) is 28.0. The van der Waals surface area contributed by atoms with E-state index in [1.807, 2.05) is 6.07 Å². The van der Waals surface area contributed by atoms with Crippen LogP contribution >= 0.6 is 0 Å². The highest BCUT2D eigenvalue weighted by atomic mass is 16.3. The summed E-state index contributed by atoms with van der Waals surface area (Å²) in [6.07, 6.45) is 0. The lowest BCUT2D eigenvalue weighted by atomic mass is 9.82. The van der Waals surface area contributed by atoms with Crippen molar-refractivity contribution in [2.75, 3.05) is 4.90 Å². The summed E-state index contributed by atoms with van der Waals surface area (Å²) >= 11 is 0. The van der Waals surface area contributed by atoms with Crippen LogP contribution in [0.15, 0.2) is 205 Å². The van der Waals surface area contributed by atoms with E-state index < -0.39 is 0 Å². The molecule has 57 heavy (non-hydrogen) atoms. The molecule has 0 bridgehead atoms. The normalized spacial score (nSPS) is 12.9. The summed E-state index contributed by atoms with van der Waals surface area (Å²) in [7, 11) is 0. The van der Waals surface area contributed by atoms with E-state index in [0.717, 1.165) is 50.1 Å². The zero-order valence-electron chi connectivity index (χ0n) is 31.9. The molecule has 0 saturated carbocycles. The van der Waals surface area contributed by atoms with Gasteiger partial charge in [-0.3, -0.25) is 0 Å². The fourth-order valence-electron chi connectivity index (χ4n) is 9.19. The van der Waals surface area contributed by atoms with Crippen molar-refractivity contribution in [3.63, 3.8) is 0 Å². The summed E-state index contributed by atoms with van der Waals surface area (Å²) in [5.41, 5.74) is 17.5. The van der Waals surface area contributed by atoms with Crippen LogP contribution in [0.25, 0.3) is 77.2 Å². The molecule has 1 heterocycles. The Morgan fingerprint density at radius 1 is 0.386 bits per heavy atom. The van der Waals surface area contributed by atoms with Crippen molar-refractivity contribution in [2.45, 2.75) is 19.3 Å². The van der Waals surface area contributed by atoms with Gasteiger partial charge >= 0.3 is 0 Å². The molecule has 2 nitrogen and oxygen atoms in total. The first-order valence-corrected chi connectivity index (χ1v) is 19.8. The highest BCUT2D eigenvalue weighted by Gasteiger charge is 2.36. The molecule has 0 radical (unpaired) electrons. The molecule has 0 N–H and O–H groups in total. The number of furan rings is 1. The number of anilines is 3.